The van der Waals surface area contributed by atoms with Crippen LogP contribution in [0.5, 0.6) is 11.5 Å². The third kappa shape index (κ3) is 7.81. The average Bonchev–Trinajstić information content (AvgIpc) is 3.00. The first-order valence-electron chi connectivity index (χ1n) is 12.0. The molecule has 0 bridgehead atoms. The standard InChI is InChI=1S/C26H18N10O6S2/c27-33-35-43(39,40)25-15-21(31-29-19-7-11-23(37)12-8-19)5-3-17(25)1-2-18-4-6-22(16-26(18)44(41,42)36-34-28)32-30-20-9-13-24(38)14-10-20/h1-16,37-38H. The lowest BCUT2D eigenvalue weighted by Crippen LogP contribution is -1.99. The Labute approximate surface area is 249 Å². The number of aromatic hydroxyl groups is 2. The maximum atomic E-state index is 12.7. The van der Waals surface area contributed by atoms with Gasteiger partial charge in [-0.05, 0) is 95.0 Å². The van der Waals surface area contributed by atoms with Gasteiger partial charge in [0.2, 0.25) is 0 Å². The van der Waals surface area contributed by atoms with Crippen molar-refractivity contribution < 1.29 is 27.0 Å². The smallest absolute Gasteiger partial charge is 0.265 e. The van der Waals surface area contributed by atoms with Crippen molar-refractivity contribution >= 4 is 54.9 Å². The van der Waals surface area contributed by atoms with E-state index in [1.54, 1.807) is 0 Å². The molecule has 4 rings (SSSR count). The number of azide groups is 2. The van der Waals surface area contributed by atoms with Crippen LogP contribution in [0.15, 0.2) is 124 Å². The normalized spacial score (nSPS) is 11.9. The summed E-state index contributed by atoms with van der Waals surface area (Å²) in [6.45, 7) is 0. The third-order valence-electron chi connectivity index (χ3n) is 5.54. The van der Waals surface area contributed by atoms with Crippen LogP contribution in [0.25, 0.3) is 33.0 Å². The van der Waals surface area contributed by atoms with E-state index in [4.69, 9.17) is 11.1 Å². The Morgan fingerprint density at radius 2 is 0.841 bits per heavy atom. The lowest BCUT2D eigenvalue weighted by Gasteiger charge is -2.07. The number of phenolic OH excluding ortho intramolecular Hbond substituents is 2. The van der Waals surface area contributed by atoms with Crippen molar-refractivity contribution in [2.75, 3.05) is 0 Å². The minimum atomic E-state index is -4.55. The van der Waals surface area contributed by atoms with Crippen molar-refractivity contribution in [2.45, 2.75) is 9.79 Å². The Hall–Kier alpha value is -6.06. The van der Waals surface area contributed by atoms with Gasteiger partial charge >= 0.3 is 0 Å². The molecule has 4 aromatic rings. The van der Waals surface area contributed by atoms with E-state index in [1.165, 1.54) is 84.9 Å². The van der Waals surface area contributed by atoms with E-state index in [2.05, 4.69) is 39.3 Å². The highest BCUT2D eigenvalue weighted by atomic mass is 32.2. The zero-order valence-corrected chi connectivity index (χ0v) is 23.7. The first kappa shape index (κ1) is 30.9. The molecule has 0 amide bonds. The molecule has 0 aromatic heterocycles. The molecule has 0 spiro atoms. The molecule has 0 saturated heterocycles. The molecule has 0 fully saturated rings. The fourth-order valence-corrected chi connectivity index (χ4v) is 5.30. The molecule has 0 unspecified atom stereocenters. The molecule has 0 atom stereocenters. The molecule has 0 heterocycles. The number of sulfonamides is 2. The minimum absolute atomic E-state index is 0.00390. The van der Waals surface area contributed by atoms with Gasteiger partial charge in [-0.3, -0.25) is 0 Å². The molecule has 4 aromatic carbocycles. The Bertz CT molecular complexity index is 1970. The lowest BCUT2D eigenvalue weighted by atomic mass is 10.1. The largest absolute Gasteiger partial charge is 0.508 e. The molecule has 44 heavy (non-hydrogen) atoms. The van der Waals surface area contributed by atoms with Crippen LogP contribution in [0, 0.1) is 0 Å². The summed E-state index contributed by atoms with van der Waals surface area (Å²) < 4.78 is 56.8. The van der Waals surface area contributed by atoms with Gasteiger partial charge in [-0.25, -0.2) is 16.8 Å². The SMILES string of the molecule is [N-]=[N+]=NS(=O)(=O)c1cc(N=Nc2ccc(O)cc2)ccc1C=Cc1ccc(N=Nc2ccc(O)cc2)cc1S(=O)(=O)N=[N+]=[N-]. The van der Waals surface area contributed by atoms with E-state index in [1.807, 2.05) is 0 Å². The van der Waals surface area contributed by atoms with Gasteiger partial charge in [0.25, 0.3) is 20.0 Å². The molecule has 0 aliphatic rings. The first-order valence-corrected chi connectivity index (χ1v) is 14.9. The van der Waals surface area contributed by atoms with E-state index >= 15 is 0 Å². The maximum Gasteiger partial charge on any atom is 0.265 e. The molecule has 0 saturated carbocycles. The van der Waals surface area contributed by atoms with E-state index < -0.39 is 29.8 Å². The van der Waals surface area contributed by atoms with Gasteiger partial charge in [0.15, 0.2) is 0 Å². The summed E-state index contributed by atoms with van der Waals surface area (Å²) in [6.07, 6.45) is 2.51. The topological polar surface area (TPSA) is 256 Å². The molecule has 16 nitrogen and oxygen atoms in total. The van der Waals surface area contributed by atoms with Gasteiger partial charge in [0.05, 0.1) is 32.5 Å². The van der Waals surface area contributed by atoms with E-state index in [0.717, 1.165) is 12.1 Å². The number of benzene rings is 4. The summed E-state index contributed by atoms with van der Waals surface area (Å²) in [5.74, 6) is 0.0395. The first-order chi connectivity index (χ1) is 21.0. The average molecular weight is 631 g/mol. The zero-order valence-electron chi connectivity index (χ0n) is 22.1. The van der Waals surface area contributed by atoms with E-state index in [9.17, 15) is 27.0 Å². The Morgan fingerprint density at radius 1 is 0.523 bits per heavy atom. The molecular weight excluding hydrogens is 612 g/mol. The van der Waals surface area contributed by atoms with Gasteiger partial charge < -0.3 is 10.2 Å². The van der Waals surface area contributed by atoms with Crippen LogP contribution < -0.4 is 0 Å². The summed E-state index contributed by atoms with van der Waals surface area (Å²) in [5, 5.41) is 34.7. The Morgan fingerprint density at radius 3 is 1.18 bits per heavy atom. The monoisotopic (exact) mass is 630 g/mol. The predicted octanol–water partition coefficient (Wildman–Crippen LogP) is 8.10. The summed E-state index contributed by atoms with van der Waals surface area (Å²) in [5.41, 5.74) is 18.5. The third-order valence-corrected chi connectivity index (χ3v) is 7.94. The van der Waals surface area contributed by atoms with Gasteiger partial charge in [0.1, 0.15) is 11.5 Å². The molecule has 220 valence electrons. The molecular formula is C26H18N10O6S2. The van der Waals surface area contributed by atoms with Crippen molar-refractivity contribution in [2.24, 2.45) is 29.5 Å². The highest BCUT2D eigenvalue weighted by molar-refractivity contribution is 7.90. The molecule has 0 aliphatic heterocycles. The minimum Gasteiger partial charge on any atom is -0.508 e. The number of nitrogens with zero attached hydrogens (tertiary/aromatic N) is 10. The van der Waals surface area contributed by atoms with Crippen molar-refractivity contribution in [3.8, 4) is 11.5 Å². The maximum absolute atomic E-state index is 12.7. The molecule has 0 aliphatic carbocycles. The molecule has 2 N–H and O–H groups in total. The summed E-state index contributed by atoms with van der Waals surface area (Å²) >= 11 is 0. The second kappa shape index (κ2) is 13.3. The Balaban J connectivity index is 1.76. The quantitative estimate of drug-likeness (QED) is 0.0756. The van der Waals surface area contributed by atoms with Crippen LogP contribution in [0.3, 0.4) is 0 Å². The fourth-order valence-electron chi connectivity index (χ4n) is 3.53. The number of rotatable bonds is 10. The fraction of sp³-hybridized carbons (Fsp3) is 0. The van der Waals surface area contributed by atoms with Gasteiger partial charge in [-0.1, -0.05) is 24.3 Å². The van der Waals surface area contributed by atoms with Crippen LogP contribution in [-0.4, -0.2) is 27.0 Å². The van der Waals surface area contributed by atoms with Crippen molar-refractivity contribution in [1.29, 1.82) is 0 Å². The van der Waals surface area contributed by atoms with Crippen LogP contribution in [0.1, 0.15) is 11.1 Å². The van der Waals surface area contributed by atoms with Crippen molar-refractivity contribution in [1.82, 2.24) is 0 Å². The van der Waals surface area contributed by atoms with Crippen LogP contribution in [0.2, 0.25) is 0 Å². The van der Waals surface area contributed by atoms with Crippen LogP contribution in [0.4, 0.5) is 22.7 Å². The van der Waals surface area contributed by atoms with Crippen molar-refractivity contribution in [3.05, 3.63) is 117 Å². The van der Waals surface area contributed by atoms with E-state index in [-0.39, 0.29) is 34.0 Å². The van der Waals surface area contributed by atoms with Crippen molar-refractivity contribution in [3.63, 3.8) is 0 Å². The lowest BCUT2D eigenvalue weighted by molar-refractivity contribution is 0.475. The van der Waals surface area contributed by atoms with Gasteiger partial charge in [-0.15, -0.1) is 0 Å². The second-order valence-electron chi connectivity index (χ2n) is 8.50. The predicted molar refractivity (Wildman–Crippen MR) is 159 cm³/mol. The number of phenols is 2. The molecule has 18 heteroatoms. The summed E-state index contributed by atoms with van der Waals surface area (Å²) in [4.78, 5) is 3.84. The highest BCUT2D eigenvalue weighted by Crippen LogP contribution is 2.31. The zero-order chi connectivity index (χ0) is 31.7. The summed E-state index contributed by atoms with van der Waals surface area (Å²) in [7, 11) is -9.10. The number of azo groups is 2. The van der Waals surface area contributed by atoms with Crippen LogP contribution >= 0.6 is 0 Å². The number of hydrogen-bond donors (Lipinski definition) is 2. The van der Waals surface area contributed by atoms with Gasteiger partial charge in [-0.2, -0.15) is 20.5 Å². The molecule has 0 radical (unpaired) electrons. The summed E-state index contributed by atoms with van der Waals surface area (Å²) in [6, 6.07) is 19.2. The van der Waals surface area contributed by atoms with E-state index in [0.29, 0.717) is 11.4 Å². The second-order valence-corrected chi connectivity index (χ2v) is 11.6. The highest BCUT2D eigenvalue weighted by Gasteiger charge is 2.19. The Kier molecular flexibility index (Phi) is 9.32. The van der Waals surface area contributed by atoms with Crippen LogP contribution in [-0.2, 0) is 20.0 Å². The van der Waals surface area contributed by atoms with Gasteiger partial charge in [0, 0.05) is 18.9 Å². The number of hydrogen-bond acceptors (Lipinski definition) is 10.